The first-order valence-corrected chi connectivity index (χ1v) is 6.53. The van der Waals surface area contributed by atoms with Gasteiger partial charge in [0.15, 0.2) is 0 Å². The largest absolute Gasteiger partial charge is 0.444 e. The van der Waals surface area contributed by atoms with Crippen molar-refractivity contribution in [2.24, 2.45) is 0 Å². The summed E-state index contributed by atoms with van der Waals surface area (Å²) >= 11 is 0. The van der Waals surface area contributed by atoms with E-state index >= 15 is 0 Å². The fraction of sp³-hybridized carbons (Fsp3) is 0.923. The predicted octanol–water partition coefficient (Wildman–Crippen LogP) is 1.02. The normalized spacial score (nSPS) is 25.0. The Morgan fingerprint density at radius 2 is 2.16 bits per heavy atom. The summed E-state index contributed by atoms with van der Waals surface area (Å²) in [6.07, 6.45) is -0.00293. The summed E-state index contributed by atoms with van der Waals surface area (Å²) < 4.78 is 15.7. The molecule has 0 radical (unpaired) electrons. The first-order valence-electron chi connectivity index (χ1n) is 6.53. The van der Waals surface area contributed by atoms with E-state index in [0.29, 0.717) is 26.2 Å². The summed E-state index contributed by atoms with van der Waals surface area (Å²) in [6.45, 7) is 7.09. The van der Waals surface area contributed by atoms with Crippen molar-refractivity contribution in [1.29, 1.82) is 0 Å². The molecule has 6 heteroatoms. The molecular formula is C13H25NO5. The van der Waals surface area contributed by atoms with Crippen LogP contribution >= 0.6 is 0 Å². The van der Waals surface area contributed by atoms with Gasteiger partial charge in [-0.2, -0.15) is 0 Å². The number of hydrogen-bond acceptors (Lipinski definition) is 5. The Kier molecular flexibility index (Phi) is 5.58. The quantitative estimate of drug-likeness (QED) is 0.833. The number of aliphatic hydroxyl groups is 1. The molecule has 0 bridgehead atoms. The van der Waals surface area contributed by atoms with Gasteiger partial charge in [-0.3, -0.25) is 0 Å². The molecule has 1 aliphatic heterocycles. The minimum Gasteiger partial charge on any atom is -0.444 e. The molecule has 1 fully saturated rings. The summed E-state index contributed by atoms with van der Waals surface area (Å²) in [5.74, 6) is 0. The molecule has 0 aliphatic carbocycles. The van der Waals surface area contributed by atoms with Gasteiger partial charge in [0.2, 0.25) is 0 Å². The van der Waals surface area contributed by atoms with Crippen LogP contribution in [0.25, 0.3) is 0 Å². The highest BCUT2D eigenvalue weighted by Gasteiger charge is 2.35. The van der Waals surface area contributed by atoms with Gasteiger partial charge < -0.3 is 24.2 Å². The highest BCUT2D eigenvalue weighted by Crippen LogP contribution is 2.19. The Bertz CT molecular complexity index is 302. The van der Waals surface area contributed by atoms with E-state index in [9.17, 15) is 9.90 Å². The molecule has 0 aromatic carbocycles. The fourth-order valence-corrected chi connectivity index (χ4v) is 1.84. The molecule has 0 spiro atoms. The molecule has 0 saturated carbocycles. The van der Waals surface area contributed by atoms with E-state index in [4.69, 9.17) is 14.2 Å². The summed E-state index contributed by atoms with van der Waals surface area (Å²) in [7, 11) is 1.58. The lowest BCUT2D eigenvalue weighted by molar-refractivity contribution is -0.0560. The maximum atomic E-state index is 12.0. The monoisotopic (exact) mass is 275 g/mol. The number of methoxy groups -OCH3 is 1. The van der Waals surface area contributed by atoms with Gasteiger partial charge in [-0.15, -0.1) is 0 Å². The Labute approximate surface area is 114 Å². The molecule has 1 amide bonds. The highest BCUT2D eigenvalue weighted by molar-refractivity contribution is 5.68. The number of β-amino-alcohol motifs (C(OH)–C–C–N with tert-alkyl or cyclic N) is 1. The van der Waals surface area contributed by atoms with Crippen molar-refractivity contribution in [1.82, 2.24) is 4.90 Å². The second kappa shape index (κ2) is 6.54. The molecule has 0 aromatic rings. The van der Waals surface area contributed by atoms with Crippen molar-refractivity contribution in [2.45, 2.75) is 38.4 Å². The summed E-state index contributed by atoms with van der Waals surface area (Å²) in [5, 5.41) is 10.4. The van der Waals surface area contributed by atoms with Crippen LogP contribution in [-0.4, -0.2) is 67.3 Å². The molecule has 1 saturated heterocycles. The van der Waals surface area contributed by atoms with Gasteiger partial charge in [0.05, 0.1) is 19.8 Å². The van der Waals surface area contributed by atoms with Crippen molar-refractivity contribution in [3.8, 4) is 0 Å². The zero-order chi connectivity index (χ0) is 14.5. The SMILES string of the molecule is COCCC1(O)COCCN(C(=O)OC(C)(C)C)C1. The van der Waals surface area contributed by atoms with Crippen molar-refractivity contribution in [2.75, 3.05) is 40.0 Å². The van der Waals surface area contributed by atoms with E-state index < -0.39 is 17.3 Å². The molecular weight excluding hydrogens is 250 g/mol. The van der Waals surface area contributed by atoms with E-state index in [-0.39, 0.29) is 13.2 Å². The van der Waals surface area contributed by atoms with Crippen LogP contribution in [0.15, 0.2) is 0 Å². The van der Waals surface area contributed by atoms with Crippen LogP contribution in [0.5, 0.6) is 0 Å². The van der Waals surface area contributed by atoms with Gasteiger partial charge in [0.25, 0.3) is 0 Å². The van der Waals surface area contributed by atoms with Crippen LogP contribution < -0.4 is 0 Å². The number of hydrogen-bond donors (Lipinski definition) is 1. The lowest BCUT2D eigenvalue weighted by atomic mass is 10.0. The number of ether oxygens (including phenoxy) is 3. The Morgan fingerprint density at radius 1 is 1.47 bits per heavy atom. The molecule has 6 nitrogen and oxygen atoms in total. The van der Waals surface area contributed by atoms with E-state index in [0.717, 1.165) is 0 Å². The predicted molar refractivity (Wildman–Crippen MR) is 70.1 cm³/mol. The standard InChI is InChI=1S/C13H25NO5/c1-12(2,3)19-11(15)14-6-8-18-10-13(16,9-14)5-7-17-4/h16H,5-10H2,1-4H3. The van der Waals surface area contributed by atoms with Crippen molar-refractivity contribution < 1.29 is 24.1 Å². The summed E-state index contributed by atoms with van der Waals surface area (Å²) in [5.41, 5.74) is -1.63. The molecule has 1 N–H and O–H groups in total. The van der Waals surface area contributed by atoms with Gasteiger partial charge in [0.1, 0.15) is 11.2 Å². The Balaban J connectivity index is 2.65. The van der Waals surface area contributed by atoms with Crippen LogP contribution in [0, 0.1) is 0 Å². The highest BCUT2D eigenvalue weighted by atomic mass is 16.6. The molecule has 1 aliphatic rings. The smallest absolute Gasteiger partial charge is 0.410 e. The van der Waals surface area contributed by atoms with Crippen LogP contribution in [0.1, 0.15) is 27.2 Å². The third kappa shape index (κ3) is 5.76. The lowest BCUT2D eigenvalue weighted by Gasteiger charge is -2.32. The van der Waals surface area contributed by atoms with Crippen molar-refractivity contribution in [3.63, 3.8) is 0 Å². The van der Waals surface area contributed by atoms with Gasteiger partial charge in [-0.05, 0) is 20.8 Å². The second-order valence-corrected chi connectivity index (χ2v) is 5.92. The molecule has 0 aromatic heterocycles. The van der Waals surface area contributed by atoms with Crippen molar-refractivity contribution in [3.05, 3.63) is 0 Å². The third-order valence-corrected chi connectivity index (χ3v) is 2.78. The molecule has 1 atom stereocenters. The summed E-state index contributed by atoms with van der Waals surface area (Å²) in [6, 6.07) is 0. The number of nitrogens with zero attached hydrogens (tertiary/aromatic N) is 1. The second-order valence-electron chi connectivity index (χ2n) is 5.92. The zero-order valence-corrected chi connectivity index (χ0v) is 12.3. The van der Waals surface area contributed by atoms with Crippen molar-refractivity contribution >= 4 is 6.09 Å². The molecule has 112 valence electrons. The topological polar surface area (TPSA) is 68.2 Å². The maximum absolute atomic E-state index is 12.0. The average Bonchev–Trinajstić information content (AvgIpc) is 2.47. The number of carbonyl (C=O) groups is 1. The average molecular weight is 275 g/mol. The molecule has 19 heavy (non-hydrogen) atoms. The Hall–Kier alpha value is -0.850. The van der Waals surface area contributed by atoms with Crippen LogP contribution in [-0.2, 0) is 14.2 Å². The van der Waals surface area contributed by atoms with E-state index in [1.54, 1.807) is 7.11 Å². The van der Waals surface area contributed by atoms with E-state index in [2.05, 4.69) is 0 Å². The van der Waals surface area contributed by atoms with E-state index in [1.165, 1.54) is 4.90 Å². The number of rotatable bonds is 3. The summed E-state index contributed by atoms with van der Waals surface area (Å²) in [4.78, 5) is 13.5. The number of carbonyl (C=O) groups excluding carboxylic acids is 1. The van der Waals surface area contributed by atoms with Crippen LogP contribution in [0.2, 0.25) is 0 Å². The number of amides is 1. The van der Waals surface area contributed by atoms with Crippen LogP contribution in [0.4, 0.5) is 4.79 Å². The zero-order valence-electron chi connectivity index (χ0n) is 12.3. The molecule has 1 heterocycles. The van der Waals surface area contributed by atoms with E-state index in [1.807, 2.05) is 20.8 Å². The van der Waals surface area contributed by atoms with Gasteiger partial charge in [-0.1, -0.05) is 0 Å². The molecule has 1 unspecified atom stereocenters. The molecule has 1 rings (SSSR count). The van der Waals surface area contributed by atoms with Gasteiger partial charge >= 0.3 is 6.09 Å². The van der Waals surface area contributed by atoms with Gasteiger partial charge in [-0.25, -0.2) is 4.79 Å². The van der Waals surface area contributed by atoms with Gasteiger partial charge in [0, 0.05) is 26.7 Å². The first-order chi connectivity index (χ1) is 8.76. The lowest BCUT2D eigenvalue weighted by Crippen LogP contribution is -2.48. The maximum Gasteiger partial charge on any atom is 0.410 e. The first kappa shape index (κ1) is 16.2. The Morgan fingerprint density at radius 3 is 2.74 bits per heavy atom. The van der Waals surface area contributed by atoms with Crippen LogP contribution in [0.3, 0.4) is 0 Å². The fourth-order valence-electron chi connectivity index (χ4n) is 1.84. The third-order valence-electron chi connectivity index (χ3n) is 2.78. The minimum absolute atomic E-state index is 0.200. The minimum atomic E-state index is -1.08.